The lowest BCUT2D eigenvalue weighted by Crippen LogP contribution is -1.80. The summed E-state index contributed by atoms with van der Waals surface area (Å²) in [6, 6.07) is 16.3. The smallest absolute Gasteiger partial charge is 0.137 e. The molecule has 0 aliphatic heterocycles. The molecule has 0 amide bonds. The molecule has 6 nitrogen and oxygen atoms in total. The Balaban J connectivity index is 1.32. The third-order valence-electron chi connectivity index (χ3n) is 5.03. The molecule has 0 aliphatic rings. The Hall–Kier alpha value is -4.06. The summed E-state index contributed by atoms with van der Waals surface area (Å²) in [5.41, 5.74) is 3.67. The largest absolute Gasteiger partial charge is 0.461 e. The fraction of sp³-hybridized carbons (Fsp3) is 0.0435. The molecule has 6 heteroatoms. The highest BCUT2D eigenvalue weighted by Crippen LogP contribution is 2.29. The summed E-state index contributed by atoms with van der Waals surface area (Å²) in [6.07, 6.45) is 7.70. The van der Waals surface area contributed by atoms with Gasteiger partial charge in [0.1, 0.15) is 34.3 Å². The van der Waals surface area contributed by atoms with Crippen LogP contribution in [0.5, 0.6) is 0 Å². The van der Waals surface area contributed by atoms with E-state index in [1.54, 1.807) is 12.4 Å². The number of furan rings is 2. The Kier molecular flexibility index (Phi) is 3.43. The van der Waals surface area contributed by atoms with E-state index < -0.39 is 0 Å². The second-order valence-electron chi connectivity index (χ2n) is 6.98. The minimum absolute atomic E-state index is 0.593. The highest BCUT2D eigenvalue weighted by molar-refractivity contribution is 5.84. The van der Waals surface area contributed by atoms with Gasteiger partial charge >= 0.3 is 0 Å². The van der Waals surface area contributed by atoms with Crippen molar-refractivity contribution in [3.63, 3.8) is 0 Å². The quantitative estimate of drug-likeness (QED) is 0.420. The van der Waals surface area contributed by atoms with Gasteiger partial charge in [0.05, 0.1) is 6.42 Å². The number of H-pyrrole nitrogens is 2. The summed E-state index contributed by atoms with van der Waals surface area (Å²) in [5.74, 6) is 3.38. The molecule has 4 heterocycles. The molecule has 0 fully saturated rings. The van der Waals surface area contributed by atoms with Crippen LogP contribution in [0.4, 0.5) is 0 Å². The molecule has 0 spiro atoms. The van der Waals surface area contributed by atoms with Crippen LogP contribution in [-0.4, -0.2) is 19.9 Å². The number of hydrogen-bond donors (Lipinski definition) is 2. The number of aromatic amines is 2. The van der Waals surface area contributed by atoms with Crippen LogP contribution in [-0.2, 0) is 6.42 Å². The second-order valence-corrected chi connectivity index (χ2v) is 6.98. The maximum absolute atomic E-state index is 6.07. The number of fused-ring (bicyclic) bond motifs is 2. The molecule has 6 aromatic rings. The van der Waals surface area contributed by atoms with Gasteiger partial charge in [-0.2, -0.15) is 0 Å². The van der Waals surface area contributed by atoms with Gasteiger partial charge in [0.15, 0.2) is 0 Å². The van der Waals surface area contributed by atoms with Gasteiger partial charge in [0, 0.05) is 46.7 Å². The number of nitrogens with zero attached hydrogens (tertiary/aromatic N) is 2. The average Bonchev–Trinajstić information content (AvgIpc) is 3.53. The van der Waals surface area contributed by atoms with Crippen LogP contribution >= 0.6 is 0 Å². The van der Waals surface area contributed by atoms with Crippen LogP contribution < -0.4 is 0 Å². The SMILES string of the molecule is c1c[nH]c(-c2ccc3cc(Cc4cc5ccc(-c6ncc[nH]6)cc5o4)oc3c2)n1. The normalized spacial score (nSPS) is 11.6. The number of nitrogens with one attached hydrogen (secondary N) is 2. The number of benzene rings is 2. The van der Waals surface area contributed by atoms with Crippen molar-refractivity contribution >= 4 is 21.9 Å². The summed E-state index contributed by atoms with van der Waals surface area (Å²) in [6.45, 7) is 0. The van der Waals surface area contributed by atoms with Crippen molar-refractivity contribution in [2.75, 3.05) is 0 Å². The van der Waals surface area contributed by atoms with Gasteiger partial charge < -0.3 is 18.8 Å². The fourth-order valence-electron chi connectivity index (χ4n) is 3.66. The predicted octanol–water partition coefficient (Wildman–Crippen LogP) is 5.55. The van der Waals surface area contributed by atoms with E-state index in [2.05, 4.69) is 44.2 Å². The summed E-state index contributed by atoms with van der Waals surface area (Å²) < 4.78 is 12.1. The molecule has 0 saturated carbocycles. The van der Waals surface area contributed by atoms with Crippen LogP contribution in [0, 0.1) is 0 Å². The van der Waals surface area contributed by atoms with E-state index >= 15 is 0 Å². The molecular formula is C23H16N4O2. The topological polar surface area (TPSA) is 83.6 Å². The molecule has 2 aromatic carbocycles. The predicted molar refractivity (Wildman–Crippen MR) is 110 cm³/mol. The van der Waals surface area contributed by atoms with E-state index in [-0.39, 0.29) is 0 Å². The number of hydrogen-bond acceptors (Lipinski definition) is 4. The maximum Gasteiger partial charge on any atom is 0.137 e. The van der Waals surface area contributed by atoms with Gasteiger partial charge in [0.2, 0.25) is 0 Å². The molecule has 29 heavy (non-hydrogen) atoms. The molecule has 0 radical (unpaired) electrons. The molecule has 0 bridgehead atoms. The fourth-order valence-corrected chi connectivity index (χ4v) is 3.66. The highest BCUT2D eigenvalue weighted by Gasteiger charge is 2.12. The first-order valence-corrected chi connectivity index (χ1v) is 9.36. The van der Waals surface area contributed by atoms with Crippen LogP contribution in [0.1, 0.15) is 11.5 Å². The molecule has 140 valence electrons. The van der Waals surface area contributed by atoms with Gasteiger partial charge in [-0.1, -0.05) is 24.3 Å². The maximum atomic E-state index is 6.07. The molecule has 0 saturated heterocycles. The van der Waals surface area contributed by atoms with E-state index in [0.717, 1.165) is 56.2 Å². The highest BCUT2D eigenvalue weighted by atomic mass is 16.4. The van der Waals surface area contributed by atoms with Crippen LogP contribution in [0.25, 0.3) is 44.7 Å². The van der Waals surface area contributed by atoms with Crippen molar-refractivity contribution in [1.29, 1.82) is 0 Å². The molecule has 0 unspecified atom stereocenters. The number of imidazole rings is 2. The Bertz CT molecular complexity index is 1310. The van der Waals surface area contributed by atoms with Gasteiger partial charge in [0.25, 0.3) is 0 Å². The zero-order valence-electron chi connectivity index (χ0n) is 15.3. The third-order valence-corrected chi connectivity index (χ3v) is 5.03. The van der Waals surface area contributed by atoms with Gasteiger partial charge in [-0.05, 0) is 24.3 Å². The van der Waals surface area contributed by atoms with Gasteiger partial charge in [-0.15, -0.1) is 0 Å². The summed E-state index contributed by atoms with van der Waals surface area (Å²) in [5, 5.41) is 2.12. The summed E-state index contributed by atoms with van der Waals surface area (Å²) >= 11 is 0. The van der Waals surface area contributed by atoms with Crippen LogP contribution in [0.15, 0.2) is 82.2 Å². The second kappa shape index (κ2) is 6.24. The first-order chi connectivity index (χ1) is 14.3. The van der Waals surface area contributed by atoms with Crippen LogP contribution in [0.2, 0.25) is 0 Å². The van der Waals surface area contributed by atoms with Crippen molar-refractivity contribution in [1.82, 2.24) is 19.9 Å². The van der Waals surface area contributed by atoms with Crippen molar-refractivity contribution in [2.24, 2.45) is 0 Å². The van der Waals surface area contributed by atoms with Crippen molar-refractivity contribution in [3.05, 3.63) is 84.8 Å². The standard InChI is InChI=1S/C23H16N4O2/c1-3-16(22-24-5-6-25-22)11-20-14(1)9-18(28-20)13-19-10-15-2-4-17(12-21(15)29-19)23-26-7-8-27-23/h1-12H,13H2,(H,24,25)(H,26,27). The first kappa shape index (κ1) is 15.9. The molecule has 0 atom stereocenters. The van der Waals surface area contributed by atoms with Crippen LogP contribution in [0.3, 0.4) is 0 Å². The van der Waals surface area contributed by atoms with Crippen molar-refractivity contribution in [3.8, 4) is 22.8 Å². The van der Waals surface area contributed by atoms with E-state index in [1.165, 1.54) is 0 Å². The monoisotopic (exact) mass is 380 g/mol. The molecule has 6 rings (SSSR count). The van der Waals surface area contributed by atoms with Crippen molar-refractivity contribution < 1.29 is 8.83 Å². The van der Waals surface area contributed by atoms with E-state index in [4.69, 9.17) is 8.83 Å². The Morgan fingerprint density at radius 3 is 1.62 bits per heavy atom. The molecule has 2 N–H and O–H groups in total. The van der Waals surface area contributed by atoms with Crippen molar-refractivity contribution in [2.45, 2.75) is 6.42 Å². The first-order valence-electron chi connectivity index (χ1n) is 9.36. The van der Waals surface area contributed by atoms with E-state index in [0.29, 0.717) is 6.42 Å². The summed E-state index contributed by atoms with van der Waals surface area (Å²) in [4.78, 5) is 14.8. The zero-order chi connectivity index (χ0) is 19.2. The Morgan fingerprint density at radius 2 is 1.17 bits per heavy atom. The van der Waals surface area contributed by atoms with Gasteiger partial charge in [-0.25, -0.2) is 9.97 Å². The Morgan fingerprint density at radius 1 is 0.655 bits per heavy atom. The third kappa shape index (κ3) is 2.82. The van der Waals surface area contributed by atoms with Gasteiger partial charge in [-0.3, -0.25) is 0 Å². The zero-order valence-corrected chi connectivity index (χ0v) is 15.3. The van der Waals surface area contributed by atoms with E-state index in [9.17, 15) is 0 Å². The number of rotatable bonds is 4. The molecular weight excluding hydrogens is 364 g/mol. The van der Waals surface area contributed by atoms with E-state index in [1.807, 2.05) is 36.7 Å². The minimum Gasteiger partial charge on any atom is -0.461 e. The lowest BCUT2D eigenvalue weighted by atomic mass is 10.1. The lowest BCUT2D eigenvalue weighted by molar-refractivity contribution is 0.512. The Labute approximate surface area is 165 Å². The molecule has 0 aliphatic carbocycles. The lowest BCUT2D eigenvalue weighted by Gasteiger charge is -1.96. The summed E-state index contributed by atoms with van der Waals surface area (Å²) in [7, 11) is 0. The minimum atomic E-state index is 0.593. The number of aromatic nitrogens is 4. The average molecular weight is 380 g/mol. The molecule has 4 aromatic heterocycles.